The predicted octanol–water partition coefficient (Wildman–Crippen LogP) is 8.06. The second-order valence-corrected chi connectivity index (χ2v) is 19.6. The van der Waals surface area contributed by atoms with Crippen LogP contribution in [0.1, 0.15) is 133 Å². The van der Waals surface area contributed by atoms with Gasteiger partial charge in [0.15, 0.2) is 0 Å². The van der Waals surface area contributed by atoms with Crippen molar-refractivity contribution in [2.75, 3.05) is 39.8 Å². The highest BCUT2D eigenvalue weighted by Crippen LogP contribution is 2.71. The maximum absolute atomic E-state index is 13.1. The van der Waals surface area contributed by atoms with E-state index in [1.165, 1.54) is 19.3 Å². The Bertz CT molecular complexity index is 1270. The molecule has 49 heavy (non-hydrogen) atoms. The molecule has 1 aliphatic heterocycles. The molecule has 3 saturated carbocycles. The lowest BCUT2D eigenvalue weighted by Gasteiger charge is -2.67. The third-order valence-corrected chi connectivity index (χ3v) is 16.0. The molecule has 2 N–H and O–H groups in total. The molecule has 4 aliphatic carbocycles. The summed E-state index contributed by atoms with van der Waals surface area (Å²) in [6.45, 7) is 27.7. The Morgan fingerprint density at radius 2 is 1.57 bits per heavy atom. The number of piperazine rings is 1. The monoisotopic (exact) mass is 685 g/mol. The molecule has 5 rings (SSSR count). The van der Waals surface area contributed by atoms with Crippen LogP contribution in [0, 0.1) is 56.7 Å². The first-order valence-corrected chi connectivity index (χ1v) is 20.0. The number of β-amino-alcohol motifs (C(OH)–C–C–N with tert-alkyl or cyclic N) is 1. The Morgan fingerprint density at radius 1 is 0.939 bits per heavy atom. The van der Waals surface area contributed by atoms with Crippen molar-refractivity contribution >= 4 is 11.9 Å². The Kier molecular flexibility index (Phi) is 11.0. The molecule has 7 nitrogen and oxygen atoms in total. The van der Waals surface area contributed by atoms with E-state index in [0.717, 1.165) is 71.2 Å². The van der Waals surface area contributed by atoms with E-state index in [1.807, 2.05) is 0 Å². The lowest BCUT2D eigenvalue weighted by molar-refractivity contribution is -0.210. The average Bonchev–Trinajstić information content (AvgIpc) is 3.41. The number of allylic oxidation sites excluding steroid dienone is 1. The van der Waals surface area contributed by atoms with Crippen molar-refractivity contribution in [3.05, 3.63) is 11.1 Å². The van der Waals surface area contributed by atoms with Crippen LogP contribution in [0.2, 0.25) is 0 Å². The maximum atomic E-state index is 13.1. The van der Waals surface area contributed by atoms with Gasteiger partial charge in [-0.25, -0.2) is 0 Å². The van der Waals surface area contributed by atoms with Crippen molar-refractivity contribution in [2.24, 2.45) is 56.7 Å². The fraction of sp³-hybridized carbons (Fsp3) is 0.905. The van der Waals surface area contributed by atoms with Crippen LogP contribution >= 0.6 is 0 Å². The summed E-state index contributed by atoms with van der Waals surface area (Å²) in [6, 6.07) is 0. The normalized spacial score (nSPS) is 39.4. The summed E-state index contributed by atoms with van der Waals surface area (Å²) in [6.07, 6.45) is 9.19. The Hall–Kier alpha value is -1.44. The van der Waals surface area contributed by atoms with E-state index >= 15 is 0 Å². The van der Waals surface area contributed by atoms with Crippen molar-refractivity contribution in [3.8, 4) is 0 Å². The number of fused-ring (bicyclic) bond motifs is 3. The SMILES string of the molecule is CCC1(C(O)CN2CCN(C)CC2)CCC(C(C)C)=C1C1CCC2C(C)(CCC3C(C)(C)C(OC(=O)CC(C)(C)C(=O)O)CCC32C)C1C. The molecule has 9 unspecified atom stereocenters. The number of ether oxygens (including phenoxy) is 1. The van der Waals surface area contributed by atoms with Gasteiger partial charge in [-0.15, -0.1) is 0 Å². The molecule has 0 radical (unpaired) electrons. The summed E-state index contributed by atoms with van der Waals surface area (Å²) < 4.78 is 6.17. The molecule has 280 valence electrons. The van der Waals surface area contributed by atoms with E-state index in [2.05, 4.69) is 72.2 Å². The molecule has 0 spiro atoms. The minimum atomic E-state index is -1.13. The molecule has 1 heterocycles. The van der Waals surface area contributed by atoms with Gasteiger partial charge in [0.1, 0.15) is 6.10 Å². The highest BCUT2D eigenvalue weighted by Gasteiger charge is 2.65. The predicted molar refractivity (Wildman–Crippen MR) is 197 cm³/mol. The van der Waals surface area contributed by atoms with Crippen molar-refractivity contribution < 1.29 is 24.5 Å². The largest absolute Gasteiger partial charge is 0.481 e. The van der Waals surface area contributed by atoms with Crippen molar-refractivity contribution in [2.45, 2.75) is 146 Å². The summed E-state index contributed by atoms with van der Waals surface area (Å²) >= 11 is 0. The van der Waals surface area contributed by atoms with Gasteiger partial charge in [0, 0.05) is 43.6 Å². The summed E-state index contributed by atoms with van der Waals surface area (Å²) in [5.41, 5.74) is 2.23. The quantitative estimate of drug-likeness (QED) is 0.178. The molecule has 0 bridgehead atoms. The van der Waals surface area contributed by atoms with Gasteiger partial charge < -0.3 is 19.8 Å². The second-order valence-electron chi connectivity index (χ2n) is 19.6. The number of rotatable bonds is 10. The van der Waals surface area contributed by atoms with Crippen LogP contribution in [-0.2, 0) is 14.3 Å². The first kappa shape index (κ1) is 38.8. The Labute approximate surface area is 299 Å². The Balaban J connectivity index is 1.38. The number of carboxylic acids is 1. The molecule has 7 heteroatoms. The first-order chi connectivity index (χ1) is 22.7. The van der Waals surface area contributed by atoms with Gasteiger partial charge in [0.25, 0.3) is 0 Å². The van der Waals surface area contributed by atoms with Crippen LogP contribution in [0.25, 0.3) is 0 Å². The molecule has 0 aromatic rings. The van der Waals surface area contributed by atoms with Gasteiger partial charge in [-0.2, -0.15) is 0 Å². The smallest absolute Gasteiger partial charge is 0.309 e. The number of aliphatic hydroxyl groups excluding tert-OH is 1. The third kappa shape index (κ3) is 6.69. The summed E-state index contributed by atoms with van der Waals surface area (Å²) in [4.78, 5) is 29.7. The van der Waals surface area contributed by atoms with Crippen LogP contribution in [0.3, 0.4) is 0 Å². The molecule has 0 aromatic carbocycles. The lowest BCUT2D eigenvalue weighted by atomic mass is 9.38. The van der Waals surface area contributed by atoms with Gasteiger partial charge in [-0.1, -0.05) is 66.5 Å². The van der Waals surface area contributed by atoms with E-state index in [-0.39, 0.29) is 46.3 Å². The number of esters is 1. The molecule has 9 atom stereocenters. The summed E-state index contributed by atoms with van der Waals surface area (Å²) in [7, 11) is 2.20. The molecule has 1 saturated heterocycles. The van der Waals surface area contributed by atoms with E-state index < -0.39 is 11.4 Å². The van der Waals surface area contributed by atoms with Gasteiger partial charge in [0.05, 0.1) is 17.9 Å². The summed E-state index contributed by atoms with van der Waals surface area (Å²) in [5.74, 6) is 1.23. The maximum Gasteiger partial charge on any atom is 0.309 e. The first-order valence-electron chi connectivity index (χ1n) is 20.0. The fourth-order valence-electron chi connectivity index (χ4n) is 12.6. The molecule has 0 amide bonds. The summed E-state index contributed by atoms with van der Waals surface area (Å²) in [5, 5.41) is 21.9. The zero-order valence-corrected chi connectivity index (χ0v) is 33.2. The minimum Gasteiger partial charge on any atom is -0.481 e. The lowest BCUT2D eigenvalue weighted by Crippen LogP contribution is -2.62. The van der Waals surface area contributed by atoms with Crippen LogP contribution in [0.5, 0.6) is 0 Å². The molecular formula is C42H72N2O5. The number of carbonyl (C=O) groups is 2. The van der Waals surface area contributed by atoms with Crippen LogP contribution in [-0.4, -0.2) is 83.9 Å². The van der Waals surface area contributed by atoms with E-state index in [4.69, 9.17) is 4.74 Å². The molecule has 5 aliphatic rings. The van der Waals surface area contributed by atoms with Crippen molar-refractivity contribution in [1.82, 2.24) is 9.80 Å². The topological polar surface area (TPSA) is 90.3 Å². The van der Waals surface area contributed by atoms with Gasteiger partial charge in [0.2, 0.25) is 0 Å². The van der Waals surface area contributed by atoms with Crippen LogP contribution < -0.4 is 0 Å². The standard InChI is InChI=1S/C42H72N2O5/c1-12-42(33(45)26-44-23-21-43(11)22-24-44)20-15-29(27(2)3)36(42)30-13-14-32-40(9,28(30)4)18-16-31-39(7,8)34(17-19-41(31,32)10)49-35(46)25-38(5,6)37(47)48/h27-28,30-34,45H,12-26H2,1-11H3,(H,47,48). The third-order valence-electron chi connectivity index (χ3n) is 16.0. The zero-order chi connectivity index (χ0) is 36.3. The second kappa shape index (κ2) is 13.8. The average molecular weight is 685 g/mol. The molecule has 4 fully saturated rings. The number of carboxylic acid groups (broad SMARTS) is 1. The van der Waals surface area contributed by atoms with Gasteiger partial charge in [-0.3, -0.25) is 14.5 Å². The number of hydrogen-bond acceptors (Lipinski definition) is 6. The number of carbonyl (C=O) groups excluding carboxylic acids is 1. The highest BCUT2D eigenvalue weighted by atomic mass is 16.5. The number of likely N-dealkylation sites (N-methyl/N-ethyl adjacent to an activating group) is 1. The Morgan fingerprint density at radius 3 is 2.16 bits per heavy atom. The van der Waals surface area contributed by atoms with Crippen LogP contribution in [0.15, 0.2) is 11.1 Å². The van der Waals surface area contributed by atoms with Gasteiger partial charge >= 0.3 is 11.9 Å². The highest BCUT2D eigenvalue weighted by molar-refractivity contribution is 5.81. The van der Waals surface area contributed by atoms with Crippen LogP contribution in [0.4, 0.5) is 0 Å². The minimum absolute atomic E-state index is 0.103. The number of aliphatic carboxylic acids is 1. The van der Waals surface area contributed by atoms with E-state index in [0.29, 0.717) is 29.6 Å². The number of nitrogens with zero attached hydrogens (tertiary/aromatic N) is 2. The van der Waals surface area contributed by atoms with E-state index in [1.54, 1.807) is 25.0 Å². The number of aliphatic hydroxyl groups is 1. The van der Waals surface area contributed by atoms with Crippen molar-refractivity contribution in [1.29, 1.82) is 0 Å². The van der Waals surface area contributed by atoms with Crippen molar-refractivity contribution in [3.63, 3.8) is 0 Å². The number of hydrogen-bond donors (Lipinski definition) is 2. The zero-order valence-electron chi connectivity index (χ0n) is 33.2. The van der Waals surface area contributed by atoms with E-state index in [9.17, 15) is 19.8 Å². The van der Waals surface area contributed by atoms with Gasteiger partial charge in [-0.05, 0) is 119 Å². The molecular weight excluding hydrogens is 612 g/mol. The fourth-order valence-corrected chi connectivity index (χ4v) is 12.6. The molecule has 0 aromatic heterocycles.